The lowest BCUT2D eigenvalue weighted by molar-refractivity contribution is -0.384. The second-order valence-corrected chi connectivity index (χ2v) is 6.70. The van der Waals surface area contributed by atoms with Gasteiger partial charge in [-0.2, -0.15) is 13.2 Å². The predicted octanol–water partition coefficient (Wildman–Crippen LogP) is 4.02. The highest BCUT2D eigenvalue weighted by atomic mass is 19.4. The minimum atomic E-state index is -4.48. The number of nitro benzene ring substituents is 1. The van der Waals surface area contributed by atoms with Crippen molar-refractivity contribution in [3.63, 3.8) is 0 Å². The van der Waals surface area contributed by atoms with Gasteiger partial charge in [-0.25, -0.2) is 4.39 Å². The van der Waals surface area contributed by atoms with Gasteiger partial charge in [0.1, 0.15) is 11.5 Å². The summed E-state index contributed by atoms with van der Waals surface area (Å²) in [7, 11) is 0. The topological polar surface area (TPSA) is 66.7 Å². The van der Waals surface area contributed by atoms with Gasteiger partial charge >= 0.3 is 6.18 Å². The first-order valence-electron chi connectivity index (χ1n) is 8.74. The molecule has 10 heteroatoms. The van der Waals surface area contributed by atoms with Crippen LogP contribution in [-0.2, 0) is 6.18 Å². The summed E-state index contributed by atoms with van der Waals surface area (Å²) in [6.07, 6.45) is -4.48. The van der Waals surface area contributed by atoms with Crippen LogP contribution >= 0.6 is 0 Å². The van der Waals surface area contributed by atoms with Gasteiger partial charge in [0.25, 0.3) is 11.6 Å². The van der Waals surface area contributed by atoms with Crippen LogP contribution in [-0.4, -0.2) is 41.9 Å². The quantitative estimate of drug-likeness (QED) is 0.435. The van der Waals surface area contributed by atoms with E-state index in [0.717, 1.165) is 30.3 Å². The molecule has 2 aromatic rings. The van der Waals surface area contributed by atoms with E-state index in [-0.39, 0.29) is 48.7 Å². The number of anilines is 1. The average molecular weight is 411 g/mol. The molecule has 1 heterocycles. The molecule has 0 saturated carbocycles. The second-order valence-electron chi connectivity index (χ2n) is 6.70. The molecule has 0 spiro atoms. The highest BCUT2D eigenvalue weighted by Gasteiger charge is 2.31. The van der Waals surface area contributed by atoms with E-state index in [1.54, 1.807) is 4.90 Å². The summed E-state index contributed by atoms with van der Waals surface area (Å²) in [4.78, 5) is 26.3. The first-order valence-corrected chi connectivity index (χ1v) is 8.74. The van der Waals surface area contributed by atoms with Crippen molar-refractivity contribution in [1.82, 2.24) is 4.90 Å². The van der Waals surface area contributed by atoms with Crippen LogP contribution in [0, 0.1) is 22.9 Å². The van der Waals surface area contributed by atoms with Crippen LogP contribution in [0.3, 0.4) is 0 Å². The maximum absolute atomic E-state index is 13.7. The Morgan fingerprint density at radius 1 is 1.07 bits per heavy atom. The maximum atomic E-state index is 13.7. The number of aryl methyl sites for hydroxylation is 1. The van der Waals surface area contributed by atoms with Crippen LogP contribution in [0.4, 0.5) is 28.9 Å². The molecule has 0 bridgehead atoms. The fourth-order valence-electron chi connectivity index (χ4n) is 3.19. The normalized spacial score (nSPS) is 14.8. The van der Waals surface area contributed by atoms with E-state index >= 15 is 0 Å². The standard InChI is InChI=1S/C19H17F4N3O3/c1-12-10-16(17(26(28)29)11-15(12)20)24-6-8-25(9-7-24)18(27)13-2-4-14(5-3-13)19(21,22)23/h2-5,10-11H,6-9H2,1H3. The van der Waals surface area contributed by atoms with Gasteiger partial charge in [0.2, 0.25) is 0 Å². The first-order chi connectivity index (χ1) is 13.6. The van der Waals surface area contributed by atoms with Crippen molar-refractivity contribution in [2.24, 2.45) is 0 Å². The van der Waals surface area contributed by atoms with Crippen molar-refractivity contribution >= 4 is 17.3 Å². The van der Waals surface area contributed by atoms with Gasteiger partial charge in [0, 0.05) is 31.7 Å². The van der Waals surface area contributed by atoms with E-state index in [4.69, 9.17) is 0 Å². The largest absolute Gasteiger partial charge is 0.416 e. The number of halogens is 4. The lowest BCUT2D eigenvalue weighted by Gasteiger charge is -2.36. The van der Waals surface area contributed by atoms with Gasteiger partial charge in [0.15, 0.2) is 0 Å². The molecule has 0 radical (unpaired) electrons. The lowest BCUT2D eigenvalue weighted by Crippen LogP contribution is -2.49. The minimum Gasteiger partial charge on any atom is -0.362 e. The van der Waals surface area contributed by atoms with Crippen molar-refractivity contribution in [3.8, 4) is 0 Å². The molecule has 1 aliphatic heterocycles. The van der Waals surface area contributed by atoms with Gasteiger partial charge in [0.05, 0.1) is 16.6 Å². The summed E-state index contributed by atoms with van der Waals surface area (Å²) in [6.45, 7) is 2.52. The van der Waals surface area contributed by atoms with E-state index in [1.807, 2.05) is 0 Å². The number of benzene rings is 2. The molecular weight excluding hydrogens is 394 g/mol. The molecule has 29 heavy (non-hydrogen) atoms. The zero-order chi connectivity index (χ0) is 21.3. The van der Waals surface area contributed by atoms with Gasteiger partial charge in [-0.1, -0.05) is 0 Å². The Morgan fingerprint density at radius 2 is 1.66 bits per heavy atom. The zero-order valence-electron chi connectivity index (χ0n) is 15.4. The molecule has 6 nitrogen and oxygen atoms in total. The third kappa shape index (κ3) is 4.30. The molecule has 154 valence electrons. The highest BCUT2D eigenvalue weighted by molar-refractivity contribution is 5.94. The Kier molecular flexibility index (Phi) is 5.45. The Morgan fingerprint density at radius 3 is 2.17 bits per heavy atom. The second kappa shape index (κ2) is 7.69. The van der Waals surface area contributed by atoms with E-state index in [0.29, 0.717) is 0 Å². The summed E-state index contributed by atoms with van der Waals surface area (Å²) in [5.41, 5.74) is -0.507. The van der Waals surface area contributed by atoms with Crippen LogP contribution in [0.25, 0.3) is 0 Å². The molecule has 1 saturated heterocycles. The number of rotatable bonds is 3. The number of piperazine rings is 1. The van der Waals surface area contributed by atoms with Crippen molar-refractivity contribution in [2.75, 3.05) is 31.1 Å². The number of hydrogen-bond acceptors (Lipinski definition) is 4. The molecule has 1 amide bonds. The van der Waals surface area contributed by atoms with Gasteiger partial charge < -0.3 is 9.80 Å². The molecule has 0 aliphatic carbocycles. The third-order valence-corrected chi connectivity index (χ3v) is 4.82. The number of amides is 1. The molecule has 2 aromatic carbocycles. The van der Waals surface area contributed by atoms with Crippen LogP contribution in [0.2, 0.25) is 0 Å². The van der Waals surface area contributed by atoms with Crippen molar-refractivity contribution in [2.45, 2.75) is 13.1 Å². The predicted molar refractivity (Wildman–Crippen MR) is 97.4 cm³/mol. The average Bonchev–Trinajstić information content (AvgIpc) is 2.68. The van der Waals surface area contributed by atoms with Crippen molar-refractivity contribution in [1.29, 1.82) is 0 Å². The van der Waals surface area contributed by atoms with Crippen LogP contribution in [0.15, 0.2) is 36.4 Å². The van der Waals surface area contributed by atoms with Crippen LogP contribution in [0.1, 0.15) is 21.5 Å². The monoisotopic (exact) mass is 411 g/mol. The Balaban J connectivity index is 1.72. The number of carbonyl (C=O) groups is 1. The fraction of sp³-hybridized carbons (Fsp3) is 0.316. The van der Waals surface area contributed by atoms with Gasteiger partial charge in [-0.3, -0.25) is 14.9 Å². The van der Waals surface area contributed by atoms with Crippen LogP contribution in [0.5, 0.6) is 0 Å². The van der Waals surface area contributed by atoms with E-state index < -0.39 is 28.4 Å². The smallest absolute Gasteiger partial charge is 0.362 e. The number of nitrogens with zero attached hydrogens (tertiary/aromatic N) is 3. The van der Waals surface area contributed by atoms with Crippen LogP contribution < -0.4 is 4.90 Å². The first kappa shape index (κ1) is 20.6. The third-order valence-electron chi connectivity index (χ3n) is 4.82. The summed E-state index contributed by atoms with van der Waals surface area (Å²) in [6, 6.07) is 6.25. The number of alkyl halides is 3. The van der Waals surface area contributed by atoms with E-state index in [2.05, 4.69) is 0 Å². The zero-order valence-corrected chi connectivity index (χ0v) is 15.4. The highest BCUT2D eigenvalue weighted by Crippen LogP contribution is 2.32. The summed E-state index contributed by atoms with van der Waals surface area (Å²) in [5.74, 6) is -1.08. The molecule has 0 N–H and O–H groups in total. The van der Waals surface area contributed by atoms with E-state index in [1.165, 1.54) is 17.9 Å². The fourth-order valence-corrected chi connectivity index (χ4v) is 3.19. The lowest BCUT2D eigenvalue weighted by atomic mass is 10.1. The molecule has 0 unspecified atom stereocenters. The summed E-state index contributed by atoms with van der Waals surface area (Å²) in [5, 5.41) is 11.3. The minimum absolute atomic E-state index is 0.134. The summed E-state index contributed by atoms with van der Waals surface area (Å²) >= 11 is 0. The van der Waals surface area contributed by atoms with E-state index in [9.17, 15) is 32.5 Å². The molecule has 3 rings (SSSR count). The molecule has 1 aliphatic rings. The van der Waals surface area contributed by atoms with Crippen molar-refractivity contribution < 1.29 is 27.3 Å². The Labute approximate surface area is 163 Å². The Bertz CT molecular complexity index is 937. The van der Waals surface area contributed by atoms with Crippen molar-refractivity contribution in [3.05, 3.63) is 69.0 Å². The molecule has 0 atom stereocenters. The van der Waals surface area contributed by atoms with Gasteiger partial charge in [-0.15, -0.1) is 0 Å². The number of hydrogen-bond donors (Lipinski definition) is 0. The summed E-state index contributed by atoms with van der Waals surface area (Å²) < 4.78 is 51.6. The maximum Gasteiger partial charge on any atom is 0.416 e. The Hall–Kier alpha value is -3.17. The number of nitro groups is 1. The number of carbonyl (C=O) groups excluding carboxylic acids is 1. The molecular formula is C19H17F4N3O3. The SMILES string of the molecule is Cc1cc(N2CCN(C(=O)c3ccc(C(F)(F)F)cc3)CC2)c([N+](=O)[O-])cc1F. The molecule has 0 aromatic heterocycles. The molecule has 1 fully saturated rings. The van der Waals surface area contributed by atoms with Gasteiger partial charge in [-0.05, 0) is 42.8 Å².